The Morgan fingerprint density at radius 1 is 1.25 bits per heavy atom. The van der Waals surface area contributed by atoms with Crippen LogP contribution in [0.1, 0.15) is 0 Å². The Morgan fingerprint density at radius 2 is 1.25 bits per heavy atom. The summed E-state index contributed by atoms with van der Waals surface area (Å²) in [5.41, 5.74) is 0. The van der Waals surface area contributed by atoms with Crippen LogP contribution in [0, 0.1) is 0 Å². The van der Waals surface area contributed by atoms with Gasteiger partial charge in [-0.05, 0) is 0 Å². The van der Waals surface area contributed by atoms with Crippen molar-refractivity contribution in [2.75, 3.05) is 0 Å². The van der Waals surface area contributed by atoms with Crippen LogP contribution >= 0.6 is 12.4 Å². The van der Waals surface area contributed by atoms with Crippen molar-refractivity contribution in [1.29, 1.82) is 0 Å². The number of rotatable bonds is 0. The van der Waals surface area contributed by atoms with Crippen molar-refractivity contribution in [1.82, 2.24) is 5.76 Å². The van der Waals surface area contributed by atoms with Gasteiger partial charge in [-0.3, -0.25) is 0 Å². The standard InChI is InChI=1S/ClH.F2HN/c;1-3-2/h1H;3H. The second kappa shape index (κ2) is 11.2. The molecule has 4 heavy (non-hydrogen) atoms. The third-order valence-electron chi connectivity index (χ3n) is 0. The van der Waals surface area contributed by atoms with E-state index in [0.29, 0.717) is 0 Å². The first-order chi connectivity index (χ1) is 1.41. The molecule has 0 rings (SSSR count). The van der Waals surface area contributed by atoms with Crippen LogP contribution in [0.4, 0.5) is 8.96 Å². The lowest BCUT2D eigenvalue weighted by atomic mass is 13.6. The molecule has 0 aliphatic heterocycles. The average Bonchev–Trinajstić information content (AvgIpc) is 0.918. The summed E-state index contributed by atoms with van der Waals surface area (Å²) >= 11 is 0. The van der Waals surface area contributed by atoms with E-state index < -0.39 is 0 Å². The van der Waals surface area contributed by atoms with Crippen LogP contribution in [-0.4, -0.2) is 0 Å². The maximum Gasteiger partial charge on any atom is 0.00810 e. The number of halogens is 3. The van der Waals surface area contributed by atoms with Crippen molar-refractivity contribution in [3.63, 3.8) is 0 Å². The van der Waals surface area contributed by atoms with Crippen LogP contribution in [0.5, 0.6) is 0 Å². The molecule has 4 heteroatoms. The highest BCUT2D eigenvalue weighted by Crippen LogP contribution is 1.38. The van der Waals surface area contributed by atoms with Gasteiger partial charge in [0.2, 0.25) is 0 Å². The molecule has 0 spiro atoms. The monoisotopic (exact) mass is 89.0 g/mol. The SMILES string of the molecule is Cl.FNF. The van der Waals surface area contributed by atoms with E-state index in [9.17, 15) is 8.96 Å². The van der Waals surface area contributed by atoms with Crippen molar-refractivity contribution in [3.8, 4) is 0 Å². The summed E-state index contributed by atoms with van der Waals surface area (Å²) in [6.45, 7) is 0. The van der Waals surface area contributed by atoms with E-state index in [-0.39, 0.29) is 18.2 Å². The molecule has 1 nitrogen and oxygen atoms in total. The minimum absolute atomic E-state index is 0. The van der Waals surface area contributed by atoms with Crippen molar-refractivity contribution >= 4 is 12.4 Å². The van der Waals surface area contributed by atoms with Gasteiger partial charge in [-0.1, -0.05) is 0 Å². The predicted octanol–water partition coefficient (Wildman–Crippen LogP) is 0.767. The van der Waals surface area contributed by atoms with Gasteiger partial charge in [0.05, 0.1) is 0 Å². The highest BCUT2D eigenvalue weighted by atomic mass is 35.5. The highest BCUT2D eigenvalue weighted by Gasteiger charge is 1.37. The van der Waals surface area contributed by atoms with Gasteiger partial charge in [-0.15, -0.1) is 21.4 Å². The molecule has 0 aliphatic rings. The number of hydrogen-bond acceptors (Lipinski definition) is 1. The van der Waals surface area contributed by atoms with Crippen LogP contribution < -0.4 is 5.76 Å². The first-order valence-corrected chi connectivity index (χ1v) is 0.378. The van der Waals surface area contributed by atoms with Gasteiger partial charge in [-0.2, -0.15) is 0 Å². The minimum Gasteiger partial charge on any atom is -0.147 e. The van der Waals surface area contributed by atoms with Crippen molar-refractivity contribution in [2.45, 2.75) is 0 Å². The Bertz CT molecular complexity index is 6.00. The van der Waals surface area contributed by atoms with Crippen LogP contribution in [0.2, 0.25) is 0 Å². The summed E-state index contributed by atoms with van der Waals surface area (Å²) in [5, 5.41) is 0. The lowest BCUT2D eigenvalue weighted by Crippen LogP contribution is -1.67. The molecule has 0 saturated carbocycles. The van der Waals surface area contributed by atoms with Gasteiger partial charge < -0.3 is 0 Å². The molecule has 0 fully saturated rings. The molecule has 0 bridgehead atoms. The van der Waals surface area contributed by atoms with Crippen LogP contribution in [-0.2, 0) is 0 Å². The van der Waals surface area contributed by atoms with E-state index in [2.05, 4.69) is 0 Å². The lowest BCUT2D eigenvalue weighted by molar-refractivity contribution is 0.130. The minimum atomic E-state index is -0.250. The molecule has 0 aromatic heterocycles. The molecule has 0 saturated heterocycles. The van der Waals surface area contributed by atoms with Gasteiger partial charge in [-0.25, -0.2) is 0 Å². The first-order valence-electron chi connectivity index (χ1n) is 0.378. The van der Waals surface area contributed by atoms with E-state index >= 15 is 0 Å². The van der Waals surface area contributed by atoms with E-state index in [1.54, 1.807) is 0 Å². The van der Waals surface area contributed by atoms with Crippen molar-refractivity contribution in [3.05, 3.63) is 0 Å². The summed E-state index contributed by atoms with van der Waals surface area (Å²) in [4.78, 5) is 0. The molecule has 0 amide bonds. The quantitative estimate of drug-likeness (QED) is 0.432. The fourth-order valence-electron chi connectivity index (χ4n) is 0. The summed E-state index contributed by atoms with van der Waals surface area (Å²) < 4.78 is 18.8. The normalized spacial score (nSPS) is 4.50. The Kier molecular flexibility index (Phi) is 25.1. The summed E-state index contributed by atoms with van der Waals surface area (Å²) in [7, 11) is 0. The lowest BCUT2D eigenvalue weighted by Gasteiger charge is -1.46. The molecule has 0 unspecified atom stereocenters. The summed E-state index contributed by atoms with van der Waals surface area (Å²) in [6.07, 6.45) is 0. The Labute approximate surface area is 28.3 Å². The third kappa shape index (κ3) is 215. The van der Waals surface area contributed by atoms with Gasteiger partial charge >= 0.3 is 0 Å². The fourth-order valence-corrected chi connectivity index (χ4v) is 0. The van der Waals surface area contributed by atoms with Crippen LogP contribution in [0.25, 0.3) is 0 Å². The van der Waals surface area contributed by atoms with Gasteiger partial charge in [0, 0.05) is 5.76 Å². The van der Waals surface area contributed by atoms with E-state index in [1.165, 1.54) is 0 Å². The van der Waals surface area contributed by atoms with Crippen LogP contribution in [0.3, 0.4) is 0 Å². The molecular formula is H2ClF2N. The zero-order valence-electron chi connectivity index (χ0n) is 1.66. The number of hydrogen-bond donors (Lipinski definition) is 1. The smallest absolute Gasteiger partial charge is 0.00810 e. The molecule has 0 radical (unpaired) electrons. The fraction of sp³-hybridized carbons (Fsp3) is 0. The van der Waals surface area contributed by atoms with Crippen molar-refractivity contribution in [2.24, 2.45) is 0 Å². The molecule has 0 aromatic carbocycles. The van der Waals surface area contributed by atoms with E-state index in [0.717, 1.165) is 0 Å². The topological polar surface area (TPSA) is 12.0 Å². The highest BCUT2D eigenvalue weighted by molar-refractivity contribution is 5.85. The first kappa shape index (κ1) is 8.93. The van der Waals surface area contributed by atoms with E-state index in [1.807, 2.05) is 0 Å². The maximum atomic E-state index is 9.38. The zero-order valence-corrected chi connectivity index (χ0v) is 2.48. The number of nitrogens with one attached hydrogen (secondary N) is 1. The van der Waals surface area contributed by atoms with Gasteiger partial charge in [0.15, 0.2) is 0 Å². The van der Waals surface area contributed by atoms with Gasteiger partial charge in [0.1, 0.15) is 0 Å². The molecule has 0 atom stereocenters. The second-order valence-electron chi connectivity index (χ2n) is 0.0714. The molecule has 0 aromatic rings. The molecule has 28 valence electrons. The summed E-state index contributed by atoms with van der Waals surface area (Å²) in [6, 6.07) is 0. The molecular weight excluding hydrogens is 87.5 g/mol. The van der Waals surface area contributed by atoms with Crippen molar-refractivity contribution < 1.29 is 8.96 Å². The van der Waals surface area contributed by atoms with Gasteiger partial charge in [0.25, 0.3) is 0 Å². The average molecular weight is 89.5 g/mol. The van der Waals surface area contributed by atoms with Crippen LogP contribution in [0.15, 0.2) is 0 Å². The third-order valence-corrected chi connectivity index (χ3v) is 0. The Morgan fingerprint density at radius 3 is 1.25 bits per heavy atom. The molecule has 0 heterocycles. The maximum absolute atomic E-state index is 9.38. The summed E-state index contributed by atoms with van der Waals surface area (Å²) in [5.74, 6) is -0.250. The second-order valence-corrected chi connectivity index (χ2v) is 0.0714. The Hall–Kier alpha value is 0.110. The predicted molar refractivity (Wildman–Crippen MR) is 12.6 cm³/mol. The molecule has 0 aliphatic carbocycles. The molecule has 1 N–H and O–H groups in total. The van der Waals surface area contributed by atoms with E-state index in [4.69, 9.17) is 0 Å². The zero-order chi connectivity index (χ0) is 2.71. The largest absolute Gasteiger partial charge is 0.147 e. The Balaban J connectivity index is 0.